The van der Waals surface area contributed by atoms with Crippen LogP contribution in [0.1, 0.15) is 6.92 Å². The van der Waals surface area contributed by atoms with E-state index in [4.69, 9.17) is 5.73 Å². The van der Waals surface area contributed by atoms with Gasteiger partial charge in [0.05, 0.1) is 6.21 Å². The van der Waals surface area contributed by atoms with Crippen molar-refractivity contribution in [2.75, 3.05) is 14.1 Å². The summed E-state index contributed by atoms with van der Waals surface area (Å²) in [5.74, 6) is 0. The van der Waals surface area contributed by atoms with Crippen LogP contribution in [-0.2, 0) is 0 Å². The van der Waals surface area contributed by atoms with Gasteiger partial charge in [-0.2, -0.15) is 5.10 Å². The van der Waals surface area contributed by atoms with Gasteiger partial charge in [0.15, 0.2) is 6.29 Å². The molecule has 4 N–H and O–H groups in total. The van der Waals surface area contributed by atoms with Gasteiger partial charge in [-0.3, -0.25) is 16.4 Å². The second kappa shape index (κ2) is 3.82. The third kappa shape index (κ3) is 2.24. The highest BCUT2D eigenvalue weighted by molar-refractivity contribution is 5.76. The van der Waals surface area contributed by atoms with Crippen LogP contribution in [0.15, 0.2) is 10.1 Å². The van der Waals surface area contributed by atoms with E-state index in [-0.39, 0.29) is 6.29 Å². The summed E-state index contributed by atoms with van der Waals surface area (Å²) in [6.45, 7) is 1.93. The number of hydrazone groups is 1. The van der Waals surface area contributed by atoms with Crippen LogP contribution >= 0.6 is 0 Å². The highest BCUT2D eigenvalue weighted by Gasteiger charge is 2.22. The molecular formula is C7H16N6. The number of nitrogens with one attached hydrogen (secondary N) is 2. The highest BCUT2D eigenvalue weighted by Crippen LogP contribution is 2.06. The standard InChI is InChI=1S/C7H16N6/c1-7(10-3)4-12-13(5-11-7)6(8)9-2/h4-6,9-10H,8H2,1-3H3. The summed E-state index contributed by atoms with van der Waals surface area (Å²) in [6.07, 6.45) is 2.99. The molecule has 0 saturated heterocycles. The van der Waals surface area contributed by atoms with Crippen molar-refractivity contribution < 1.29 is 0 Å². The van der Waals surface area contributed by atoms with Gasteiger partial charge in [-0.25, -0.2) is 10.0 Å². The predicted molar refractivity (Wildman–Crippen MR) is 53.3 cm³/mol. The molecule has 74 valence electrons. The quantitative estimate of drug-likeness (QED) is 0.477. The molecule has 1 heterocycles. The monoisotopic (exact) mass is 184 g/mol. The molecule has 0 spiro atoms. The maximum absolute atomic E-state index is 5.67. The van der Waals surface area contributed by atoms with Crippen LogP contribution in [0.25, 0.3) is 0 Å². The molecule has 2 atom stereocenters. The molecule has 0 aromatic carbocycles. The van der Waals surface area contributed by atoms with Crippen molar-refractivity contribution in [3.05, 3.63) is 0 Å². The van der Waals surface area contributed by atoms with E-state index in [1.165, 1.54) is 0 Å². The van der Waals surface area contributed by atoms with E-state index in [1.54, 1.807) is 24.6 Å². The molecule has 0 radical (unpaired) electrons. The van der Waals surface area contributed by atoms with Gasteiger partial charge in [0.25, 0.3) is 0 Å². The number of aliphatic imine (C=N–C) groups is 1. The van der Waals surface area contributed by atoms with E-state index in [0.717, 1.165) is 0 Å². The summed E-state index contributed by atoms with van der Waals surface area (Å²) in [7, 11) is 3.59. The van der Waals surface area contributed by atoms with Crippen LogP contribution in [0.2, 0.25) is 0 Å². The van der Waals surface area contributed by atoms with Gasteiger partial charge >= 0.3 is 0 Å². The van der Waals surface area contributed by atoms with Crippen molar-refractivity contribution in [3.8, 4) is 0 Å². The second-order valence-corrected chi connectivity index (χ2v) is 3.00. The Bertz CT molecular complexity index is 209. The fourth-order valence-electron chi connectivity index (χ4n) is 0.826. The number of rotatable bonds is 3. The van der Waals surface area contributed by atoms with Crippen LogP contribution in [0.5, 0.6) is 0 Å². The normalized spacial score (nSPS) is 29.4. The Kier molecular flexibility index (Phi) is 2.97. The molecule has 0 aromatic rings. The number of hydrogen-bond acceptors (Lipinski definition) is 6. The van der Waals surface area contributed by atoms with Gasteiger partial charge in [-0.05, 0) is 21.0 Å². The van der Waals surface area contributed by atoms with Crippen LogP contribution < -0.4 is 16.4 Å². The Morgan fingerprint density at radius 2 is 2.23 bits per heavy atom. The lowest BCUT2D eigenvalue weighted by molar-refractivity contribution is 0.292. The summed E-state index contributed by atoms with van der Waals surface area (Å²) >= 11 is 0. The van der Waals surface area contributed by atoms with E-state index < -0.39 is 5.66 Å². The second-order valence-electron chi connectivity index (χ2n) is 3.00. The molecule has 6 nitrogen and oxygen atoms in total. The zero-order chi connectivity index (χ0) is 9.90. The van der Waals surface area contributed by atoms with Crippen molar-refractivity contribution in [1.29, 1.82) is 0 Å². The number of nitrogens with zero attached hydrogens (tertiary/aromatic N) is 3. The topological polar surface area (TPSA) is 78.0 Å². The minimum absolute atomic E-state index is 0.332. The fraction of sp³-hybridized carbons (Fsp3) is 0.714. The zero-order valence-electron chi connectivity index (χ0n) is 8.15. The first-order chi connectivity index (χ1) is 6.11. The van der Waals surface area contributed by atoms with Crippen LogP contribution in [0.4, 0.5) is 0 Å². The first kappa shape index (κ1) is 10.1. The largest absolute Gasteiger partial charge is 0.297 e. The maximum atomic E-state index is 5.67. The SMILES string of the molecule is CNC(N)N1C=NC(C)(NC)C=N1. The molecule has 0 amide bonds. The van der Waals surface area contributed by atoms with Crippen molar-refractivity contribution in [3.63, 3.8) is 0 Å². The predicted octanol–water partition coefficient (Wildman–Crippen LogP) is -1.29. The van der Waals surface area contributed by atoms with Crippen LogP contribution in [0.3, 0.4) is 0 Å². The van der Waals surface area contributed by atoms with Crippen LogP contribution in [0, 0.1) is 0 Å². The highest BCUT2D eigenvalue weighted by atomic mass is 15.6. The van der Waals surface area contributed by atoms with Gasteiger partial charge in [-0.15, -0.1) is 0 Å². The molecule has 2 unspecified atom stereocenters. The summed E-state index contributed by atoms with van der Waals surface area (Å²) < 4.78 is 0. The molecule has 0 fully saturated rings. The average Bonchev–Trinajstić information content (AvgIpc) is 2.18. The zero-order valence-corrected chi connectivity index (χ0v) is 8.15. The van der Waals surface area contributed by atoms with Gasteiger partial charge in [-0.1, -0.05) is 0 Å². The third-order valence-electron chi connectivity index (χ3n) is 1.97. The Balaban J connectivity index is 2.63. The van der Waals surface area contributed by atoms with Gasteiger partial charge in [0, 0.05) is 0 Å². The Labute approximate surface area is 77.9 Å². The maximum Gasteiger partial charge on any atom is 0.154 e. The van der Waals surface area contributed by atoms with Gasteiger partial charge in [0.1, 0.15) is 12.0 Å². The Morgan fingerprint density at radius 3 is 2.62 bits per heavy atom. The number of hydrogen-bond donors (Lipinski definition) is 3. The molecule has 0 aromatic heterocycles. The first-order valence-corrected chi connectivity index (χ1v) is 4.12. The van der Waals surface area contributed by atoms with E-state index in [9.17, 15) is 0 Å². The van der Waals surface area contributed by atoms with Crippen molar-refractivity contribution in [2.24, 2.45) is 15.8 Å². The molecule has 0 aliphatic carbocycles. The summed E-state index contributed by atoms with van der Waals surface area (Å²) in [4.78, 5) is 4.25. The minimum atomic E-state index is -0.413. The van der Waals surface area contributed by atoms with Crippen molar-refractivity contribution >= 4 is 12.6 Å². The lowest BCUT2D eigenvalue weighted by atomic mass is 10.2. The first-order valence-electron chi connectivity index (χ1n) is 4.12. The summed E-state index contributed by atoms with van der Waals surface area (Å²) in [5.41, 5.74) is 5.25. The number of nitrogens with two attached hydrogens (primary N) is 1. The smallest absolute Gasteiger partial charge is 0.154 e. The van der Waals surface area contributed by atoms with E-state index in [0.29, 0.717) is 0 Å². The molecule has 1 rings (SSSR count). The molecule has 1 aliphatic rings. The van der Waals surface area contributed by atoms with Crippen LogP contribution in [-0.4, -0.2) is 43.6 Å². The van der Waals surface area contributed by atoms with Gasteiger partial charge in [0.2, 0.25) is 0 Å². The van der Waals surface area contributed by atoms with E-state index >= 15 is 0 Å². The van der Waals surface area contributed by atoms with Crippen molar-refractivity contribution in [2.45, 2.75) is 18.9 Å². The lowest BCUT2D eigenvalue weighted by Gasteiger charge is -2.29. The molecule has 13 heavy (non-hydrogen) atoms. The molecule has 6 heteroatoms. The molecular weight excluding hydrogens is 168 g/mol. The summed E-state index contributed by atoms with van der Waals surface area (Å²) in [6, 6.07) is 0. The van der Waals surface area contributed by atoms with Gasteiger partial charge < -0.3 is 0 Å². The Morgan fingerprint density at radius 1 is 1.54 bits per heavy atom. The average molecular weight is 184 g/mol. The fourth-order valence-corrected chi connectivity index (χ4v) is 0.826. The van der Waals surface area contributed by atoms with Crippen molar-refractivity contribution in [1.82, 2.24) is 15.6 Å². The summed E-state index contributed by atoms with van der Waals surface area (Å²) in [5, 5.41) is 11.6. The third-order valence-corrected chi connectivity index (χ3v) is 1.97. The minimum Gasteiger partial charge on any atom is -0.297 e. The molecule has 1 aliphatic heterocycles. The Hall–Kier alpha value is -0.980. The van der Waals surface area contributed by atoms with E-state index in [1.807, 2.05) is 14.0 Å². The molecule has 0 bridgehead atoms. The lowest BCUT2D eigenvalue weighted by Crippen LogP contribution is -2.51. The van der Waals surface area contributed by atoms with E-state index in [2.05, 4.69) is 20.7 Å². The molecule has 0 saturated carbocycles.